The minimum atomic E-state index is -3.61. The number of hydrogen-bond acceptors (Lipinski definition) is 8. The number of anilines is 1. The monoisotopic (exact) mass is 390 g/mol. The van der Waals surface area contributed by atoms with Gasteiger partial charge in [-0.1, -0.05) is 11.6 Å². The summed E-state index contributed by atoms with van der Waals surface area (Å²) in [6, 6.07) is 3.93. The van der Waals surface area contributed by atoms with Crippen molar-refractivity contribution in [3.63, 3.8) is 0 Å². The van der Waals surface area contributed by atoms with E-state index in [2.05, 4.69) is 5.10 Å². The first-order chi connectivity index (χ1) is 11.6. The van der Waals surface area contributed by atoms with E-state index in [0.29, 0.717) is 0 Å². The zero-order valence-electron chi connectivity index (χ0n) is 13.8. The van der Waals surface area contributed by atoms with E-state index < -0.39 is 14.8 Å². The van der Waals surface area contributed by atoms with E-state index in [1.807, 2.05) is 0 Å². The van der Waals surface area contributed by atoms with Crippen LogP contribution in [0.1, 0.15) is 0 Å². The molecule has 0 aliphatic rings. The van der Waals surface area contributed by atoms with E-state index in [0.717, 1.165) is 10.9 Å². The average Bonchev–Trinajstić information content (AvgIpc) is 2.79. The average molecular weight is 391 g/mol. The minimum Gasteiger partial charge on any atom is -0.436 e. The molecule has 0 saturated heterocycles. The largest absolute Gasteiger partial charge is 0.436 e. The molecule has 136 valence electrons. The molecule has 12 heteroatoms. The summed E-state index contributed by atoms with van der Waals surface area (Å²) in [5, 5.41) is 15.8. The van der Waals surface area contributed by atoms with Crippen molar-refractivity contribution in [3.05, 3.63) is 33.3 Å². The molecular formula is C13H15ClN4O6S. The summed E-state index contributed by atoms with van der Waals surface area (Å²) < 4.78 is 30.1. The molecule has 1 aromatic heterocycles. The molecule has 0 fully saturated rings. The van der Waals surface area contributed by atoms with Gasteiger partial charge in [-0.15, -0.1) is 5.10 Å². The molecule has 1 aromatic carbocycles. The summed E-state index contributed by atoms with van der Waals surface area (Å²) in [6.45, 7) is 0. The molecule has 0 atom stereocenters. The first kappa shape index (κ1) is 19.0. The molecule has 25 heavy (non-hydrogen) atoms. The van der Waals surface area contributed by atoms with Crippen LogP contribution in [0.4, 0.5) is 11.4 Å². The van der Waals surface area contributed by atoms with E-state index in [-0.39, 0.29) is 33.1 Å². The van der Waals surface area contributed by atoms with Gasteiger partial charge in [-0.25, -0.2) is 8.42 Å². The number of nitro groups is 1. The highest BCUT2D eigenvalue weighted by molar-refractivity contribution is 7.90. The maximum absolute atomic E-state index is 11.7. The molecule has 10 nitrogen and oxygen atoms in total. The third kappa shape index (κ3) is 3.83. The third-order valence-corrected chi connectivity index (χ3v) is 4.86. The van der Waals surface area contributed by atoms with Crippen molar-refractivity contribution in [2.24, 2.45) is 7.05 Å². The van der Waals surface area contributed by atoms with Gasteiger partial charge in [-0.2, -0.15) is 0 Å². The Kier molecular flexibility index (Phi) is 5.20. The highest BCUT2D eigenvalue weighted by atomic mass is 35.5. The Morgan fingerprint density at radius 3 is 2.52 bits per heavy atom. The highest BCUT2D eigenvalue weighted by Crippen LogP contribution is 2.37. The van der Waals surface area contributed by atoms with Gasteiger partial charge in [0.05, 0.1) is 12.0 Å². The van der Waals surface area contributed by atoms with Crippen LogP contribution in [-0.4, -0.2) is 43.5 Å². The normalized spacial score (nSPS) is 11.4. The van der Waals surface area contributed by atoms with Crippen LogP contribution in [0, 0.1) is 10.1 Å². The van der Waals surface area contributed by atoms with Gasteiger partial charge in [-0.3, -0.25) is 24.7 Å². The Bertz CT molecular complexity index is 927. The van der Waals surface area contributed by atoms with Gasteiger partial charge < -0.3 is 4.74 Å². The number of nitro benzene ring substituents is 1. The lowest BCUT2D eigenvalue weighted by Crippen LogP contribution is -2.16. The van der Waals surface area contributed by atoms with Gasteiger partial charge in [-0.05, 0) is 6.07 Å². The van der Waals surface area contributed by atoms with Crippen molar-refractivity contribution < 1.29 is 22.9 Å². The maximum Gasteiger partial charge on any atom is 0.295 e. The van der Waals surface area contributed by atoms with Crippen molar-refractivity contribution in [3.8, 4) is 11.6 Å². The number of aryl methyl sites for hydroxylation is 1. The Labute approximate surface area is 148 Å². The predicted molar refractivity (Wildman–Crippen MR) is 89.9 cm³/mol. The van der Waals surface area contributed by atoms with Crippen molar-refractivity contribution in [1.82, 2.24) is 9.78 Å². The van der Waals surface area contributed by atoms with Crippen molar-refractivity contribution in [2.75, 3.05) is 25.5 Å². The Hall–Kier alpha value is -2.37. The lowest BCUT2D eigenvalue weighted by molar-refractivity contribution is -0.384. The quantitative estimate of drug-likeness (QED) is 0.544. The fraction of sp³-hybridized carbons (Fsp3) is 0.308. The van der Waals surface area contributed by atoms with Crippen LogP contribution in [0.3, 0.4) is 0 Å². The lowest BCUT2D eigenvalue weighted by atomic mass is 10.2. The number of rotatable bonds is 6. The SMILES string of the molecule is CON(C)c1cc(Oc2nn(C)c(S(C)(=O)=O)c2Cl)ccc1[N+](=O)[O-]. The van der Waals surface area contributed by atoms with E-state index in [1.165, 1.54) is 44.5 Å². The second-order valence-electron chi connectivity index (χ2n) is 5.01. The van der Waals surface area contributed by atoms with E-state index in [9.17, 15) is 18.5 Å². The number of aromatic nitrogens is 2. The van der Waals surface area contributed by atoms with Crippen molar-refractivity contribution in [2.45, 2.75) is 5.03 Å². The predicted octanol–water partition coefficient (Wildman–Crippen LogP) is 2.18. The summed E-state index contributed by atoms with van der Waals surface area (Å²) in [4.78, 5) is 15.5. The maximum atomic E-state index is 11.7. The number of benzene rings is 1. The molecule has 2 aromatic rings. The Morgan fingerprint density at radius 1 is 1.40 bits per heavy atom. The summed E-state index contributed by atoms with van der Waals surface area (Å²) in [6.07, 6.45) is 0.997. The molecule has 2 rings (SSSR count). The molecule has 0 N–H and O–H groups in total. The first-order valence-corrected chi connectivity index (χ1v) is 9.00. The minimum absolute atomic E-state index is 0.135. The lowest BCUT2D eigenvalue weighted by Gasteiger charge is -2.16. The fourth-order valence-corrected chi connectivity index (χ4v) is 3.66. The van der Waals surface area contributed by atoms with Gasteiger partial charge in [0.1, 0.15) is 16.5 Å². The van der Waals surface area contributed by atoms with Gasteiger partial charge >= 0.3 is 0 Å². The van der Waals surface area contributed by atoms with Crippen LogP contribution < -0.4 is 9.80 Å². The number of ether oxygens (including phenoxy) is 1. The van der Waals surface area contributed by atoms with Crippen molar-refractivity contribution in [1.29, 1.82) is 0 Å². The third-order valence-electron chi connectivity index (χ3n) is 3.23. The zero-order valence-corrected chi connectivity index (χ0v) is 15.3. The molecule has 0 unspecified atom stereocenters. The molecule has 0 radical (unpaired) electrons. The van der Waals surface area contributed by atoms with Gasteiger partial charge in [0, 0.05) is 32.5 Å². The summed E-state index contributed by atoms with van der Waals surface area (Å²) in [7, 11) is 0.644. The molecule has 0 aliphatic carbocycles. The smallest absolute Gasteiger partial charge is 0.295 e. The van der Waals surface area contributed by atoms with Gasteiger partial charge in [0.15, 0.2) is 14.9 Å². The Balaban J connectivity index is 2.47. The first-order valence-electron chi connectivity index (χ1n) is 6.73. The second kappa shape index (κ2) is 6.86. The highest BCUT2D eigenvalue weighted by Gasteiger charge is 2.25. The summed E-state index contributed by atoms with van der Waals surface area (Å²) in [5.41, 5.74) is -0.0546. The van der Waals surface area contributed by atoms with E-state index >= 15 is 0 Å². The van der Waals surface area contributed by atoms with Crippen LogP contribution >= 0.6 is 11.6 Å². The fourth-order valence-electron chi connectivity index (χ4n) is 2.11. The zero-order chi connectivity index (χ0) is 18.9. The summed E-state index contributed by atoms with van der Waals surface area (Å²) >= 11 is 6.04. The van der Waals surface area contributed by atoms with Gasteiger partial charge in [0.2, 0.25) is 0 Å². The number of nitrogens with zero attached hydrogens (tertiary/aromatic N) is 4. The van der Waals surface area contributed by atoms with E-state index in [4.69, 9.17) is 21.2 Å². The van der Waals surface area contributed by atoms with Crippen LogP contribution in [-0.2, 0) is 21.7 Å². The molecule has 0 amide bonds. The summed E-state index contributed by atoms with van der Waals surface area (Å²) in [5.74, 6) is 0.0361. The van der Waals surface area contributed by atoms with E-state index in [1.54, 1.807) is 0 Å². The topological polar surface area (TPSA) is 117 Å². The number of sulfone groups is 1. The Morgan fingerprint density at radius 2 is 2.04 bits per heavy atom. The van der Waals surface area contributed by atoms with Gasteiger partial charge in [0.25, 0.3) is 11.6 Å². The standard InChI is InChI=1S/C13H15ClN4O6S/c1-16-13(25(4,21)22)11(14)12(15-16)24-8-5-6-9(18(19)20)10(7-8)17(2)23-3/h5-7H,1-4H3. The number of halogens is 1. The van der Waals surface area contributed by atoms with Crippen LogP contribution in [0.5, 0.6) is 11.6 Å². The van der Waals surface area contributed by atoms with Crippen molar-refractivity contribution >= 4 is 32.8 Å². The molecule has 0 aliphatic heterocycles. The number of hydrogen-bond donors (Lipinski definition) is 0. The second-order valence-corrected chi connectivity index (χ2v) is 7.32. The van der Waals surface area contributed by atoms with Crippen LogP contribution in [0.2, 0.25) is 5.02 Å². The molecular weight excluding hydrogens is 376 g/mol. The molecule has 1 heterocycles. The molecule has 0 saturated carbocycles. The molecule has 0 spiro atoms. The number of hydroxylamine groups is 1. The molecule has 0 bridgehead atoms. The van der Waals surface area contributed by atoms with Crippen LogP contribution in [0.25, 0.3) is 0 Å². The van der Waals surface area contributed by atoms with Crippen LogP contribution in [0.15, 0.2) is 23.2 Å².